The minimum atomic E-state index is -6.10. The van der Waals surface area contributed by atoms with Gasteiger partial charge in [0.2, 0.25) is 5.95 Å². The minimum Gasteiger partial charge on any atom is -0.756 e. The van der Waals surface area contributed by atoms with E-state index >= 15 is 0 Å². The molecule has 0 amide bonds. The fourth-order valence-electron chi connectivity index (χ4n) is 2.17. The van der Waals surface area contributed by atoms with Crippen LogP contribution in [0.1, 0.15) is 6.23 Å². The molecule has 0 aromatic carbocycles. The smallest absolute Gasteiger partial charge is 0.280 e. The molecular weight excluding hydrogens is 507 g/mol. The lowest BCUT2D eigenvalue weighted by molar-refractivity contribution is -0.250. The molecule has 3 unspecified atom stereocenters. The third-order valence-corrected chi connectivity index (χ3v) is 6.98. The summed E-state index contributed by atoms with van der Waals surface area (Å²) < 4.78 is 50.2. The average molecular weight is 522 g/mol. The number of aromatic amines is 1. The molecule has 0 fully saturated rings. The molecule has 0 aliphatic heterocycles. The van der Waals surface area contributed by atoms with Gasteiger partial charge >= 0.3 is 0 Å². The number of nitrogens with two attached hydrogens (primary N) is 1. The molecule has 0 aliphatic rings. The summed E-state index contributed by atoms with van der Waals surface area (Å²) >= 11 is 0. The van der Waals surface area contributed by atoms with Crippen LogP contribution >= 0.6 is 23.5 Å². The summed E-state index contributed by atoms with van der Waals surface area (Å²) in [6, 6.07) is 0. The number of phosphoric acid groups is 3. The lowest BCUT2D eigenvalue weighted by Crippen LogP contribution is -2.30. The highest BCUT2D eigenvalue weighted by molar-refractivity contribution is 7.65. The van der Waals surface area contributed by atoms with Crippen molar-refractivity contribution in [2.24, 2.45) is 0 Å². The van der Waals surface area contributed by atoms with Gasteiger partial charge in [-0.3, -0.25) is 28.0 Å². The van der Waals surface area contributed by atoms with Crippen LogP contribution in [0.25, 0.3) is 11.2 Å². The molecule has 5 atom stereocenters. The van der Waals surface area contributed by atoms with Gasteiger partial charge < -0.3 is 44.8 Å². The highest BCUT2D eigenvalue weighted by atomic mass is 31.3. The highest BCUT2D eigenvalue weighted by Gasteiger charge is 2.27. The van der Waals surface area contributed by atoms with Gasteiger partial charge in [-0.2, -0.15) is 4.98 Å². The first-order valence-electron chi connectivity index (χ1n) is 7.99. The molecule has 0 aliphatic carbocycles. The first-order valence-corrected chi connectivity index (χ1v) is 12.4. The summed E-state index contributed by atoms with van der Waals surface area (Å²) in [7, 11) is -17.8. The van der Waals surface area contributed by atoms with Gasteiger partial charge in [0.15, 0.2) is 17.4 Å². The molecule has 0 radical (unpaired) electrons. The van der Waals surface area contributed by atoms with Crippen LogP contribution in [-0.2, 0) is 31.6 Å². The van der Waals surface area contributed by atoms with Gasteiger partial charge in [-0.15, -0.1) is 0 Å². The molecule has 0 bridgehead atoms. The predicted molar refractivity (Wildman–Crippen MR) is 93.8 cm³/mol. The molecule has 182 valence electrons. The number of aromatic nitrogens is 4. The molecule has 6 N–H and O–H groups in total. The van der Waals surface area contributed by atoms with E-state index in [9.17, 15) is 43.4 Å². The Morgan fingerprint density at radius 1 is 1.16 bits per heavy atom. The molecular formula is C10H15N5O14P3-3. The number of H-pyrrole nitrogens is 1. The molecule has 2 aromatic heterocycles. The van der Waals surface area contributed by atoms with Crippen molar-refractivity contribution >= 4 is 40.6 Å². The third kappa shape index (κ3) is 7.50. The molecule has 0 saturated heterocycles. The van der Waals surface area contributed by atoms with Crippen LogP contribution in [0.15, 0.2) is 11.1 Å². The number of aliphatic hydroxyl groups excluding tert-OH is 2. The fourth-order valence-corrected chi connectivity index (χ4v) is 5.09. The number of nitrogens with zero attached hydrogens (tertiary/aromatic N) is 3. The maximum atomic E-state index is 11.8. The molecule has 32 heavy (non-hydrogen) atoms. The number of hydrogen-bond donors (Lipinski definition) is 5. The molecule has 19 nitrogen and oxygen atoms in total. The van der Waals surface area contributed by atoms with Crippen LogP contribution in [0, 0.1) is 0 Å². The van der Waals surface area contributed by atoms with Crippen molar-refractivity contribution in [2.45, 2.75) is 12.3 Å². The largest absolute Gasteiger partial charge is 0.756 e. The van der Waals surface area contributed by atoms with Crippen molar-refractivity contribution < 1.29 is 61.4 Å². The van der Waals surface area contributed by atoms with E-state index in [0.29, 0.717) is 0 Å². The Kier molecular flexibility index (Phi) is 8.46. The van der Waals surface area contributed by atoms with E-state index in [1.165, 1.54) is 0 Å². The zero-order valence-electron chi connectivity index (χ0n) is 15.4. The van der Waals surface area contributed by atoms with Crippen molar-refractivity contribution in [3.63, 3.8) is 0 Å². The maximum absolute atomic E-state index is 11.8. The highest BCUT2D eigenvalue weighted by Crippen LogP contribution is 2.61. The molecule has 0 saturated carbocycles. The number of fused-ring (bicyclic) bond motifs is 1. The first-order chi connectivity index (χ1) is 14.7. The molecule has 2 rings (SSSR count). The van der Waals surface area contributed by atoms with Crippen LogP contribution in [0.5, 0.6) is 0 Å². The summed E-state index contributed by atoms with van der Waals surface area (Å²) in [5.41, 5.74) is 4.43. The number of imidazole rings is 1. The lowest BCUT2D eigenvalue weighted by atomic mass is 10.4. The fraction of sp³-hybridized carbons (Fsp3) is 0.500. The number of rotatable bonds is 12. The monoisotopic (exact) mass is 522 g/mol. The van der Waals surface area contributed by atoms with Gasteiger partial charge in [-0.05, 0) is 0 Å². The van der Waals surface area contributed by atoms with Gasteiger partial charge in [0, 0.05) is 0 Å². The molecule has 22 heteroatoms. The number of hydrogen-bond acceptors (Lipinski definition) is 16. The van der Waals surface area contributed by atoms with Gasteiger partial charge in [-0.1, -0.05) is 0 Å². The van der Waals surface area contributed by atoms with Crippen molar-refractivity contribution in [1.82, 2.24) is 19.5 Å². The topological polar surface area (TPSA) is 308 Å². The summed E-state index contributed by atoms with van der Waals surface area (Å²) in [5.74, 6) is -0.290. The SMILES string of the molecule is Nc1nc2c(ncn2[C@@H](CO)O[C@H](CO)COP(=O)([O-])OP(=O)([O-])OP(=O)([O-])O)c(=O)[nH]1. The molecule has 2 aromatic rings. The Morgan fingerprint density at radius 2 is 1.81 bits per heavy atom. The zero-order chi connectivity index (χ0) is 24.3. The van der Waals surface area contributed by atoms with E-state index in [1.54, 1.807) is 0 Å². The summed E-state index contributed by atoms with van der Waals surface area (Å²) in [5, 5.41) is 18.9. The predicted octanol–water partition coefficient (Wildman–Crippen LogP) is -3.98. The van der Waals surface area contributed by atoms with E-state index < -0.39 is 61.2 Å². The number of nitrogens with one attached hydrogen (secondary N) is 1. The zero-order valence-corrected chi connectivity index (χ0v) is 18.1. The molecule has 0 spiro atoms. The van der Waals surface area contributed by atoms with Gasteiger partial charge in [0.1, 0.15) is 6.10 Å². The van der Waals surface area contributed by atoms with Crippen LogP contribution in [0.3, 0.4) is 0 Å². The van der Waals surface area contributed by atoms with Gasteiger partial charge in [0.05, 0.1) is 26.1 Å². The third-order valence-electron chi connectivity index (χ3n) is 3.29. The number of nitrogen functional groups attached to an aromatic ring is 1. The Labute approximate surface area is 176 Å². The Hall–Kier alpha value is -1.56. The number of phosphoric ester groups is 1. The van der Waals surface area contributed by atoms with E-state index in [0.717, 1.165) is 10.9 Å². The van der Waals surface area contributed by atoms with Gasteiger partial charge in [0.25, 0.3) is 29.0 Å². The summed E-state index contributed by atoms with van der Waals surface area (Å²) in [6.45, 7) is -2.83. The number of ether oxygens (including phenoxy) is 1. The van der Waals surface area contributed by atoms with Crippen LogP contribution < -0.4 is 26.0 Å². The second kappa shape index (κ2) is 10.1. The second-order valence-electron chi connectivity index (χ2n) is 5.68. The minimum absolute atomic E-state index is 0.128. The Bertz CT molecular complexity index is 1140. The first kappa shape index (κ1) is 26.7. The van der Waals surface area contributed by atoms with Crippen molar-refractivity contribution in [3.05, 3.63) is 16.7 Å². The van der Waals surface area contributed by atoms with Crippen molar-refractivity contribution in [3.8, 4) is 0 Å². The quantitative estimate of drug-likeness (QED) is 0.166. The number of anilines is 1. The van der Waals surface area contributed by atoms with Crippen LogP contribution in [0.4, 0.5) is 5.95 Å². The summed E-state index contributed by atoms with van der Waals surface area (Å²) in [4.78, 5) is 63.0. The van der Waals surface area contributed by atoms with E-state index in [4.69, 9.17) is 15.4 Å². The lowest BCUT2D eigenvalue weighted by Gasteiger charge is -2.33. The van der Waals surface area contributed by atoms with Crippen molar-refractivity contribution in [2.75, 3.05) is 25.6 Å². The average Bonchev–Trinajstić information content (AvgIpc) is 3.03. The summed E-state index contributed by atoms with van der Waals surface area (Å²) in [6.07, 6.45) is -1.92. The standard InChI is InChI=1S/C10H18N5O14P3/c11-10-13-8-7(9(18)14-10)12-4-15(8)6(2-17)27-5(1-16)3-26-31(22,23)29-32(24,25)28-30(19,20)21/h4-6,16-17H,1-3H2,(H,22,23)(H,24,25)(H2,19,20,21)(H3,11,13,14,18)/p-3/t5-,6-/m1/s1. The van der Waals surface area contributed by atoms with Gasteiger partial charge in [-0.25, -0.2) is 13.6 Å². The van der Waals surface area contributed by atoms with Crippen LogP contribution in [-0.4, -0.2) is 60.6 Å². The Morgan fingerprint density at radius 3 is 2.38 bits per heavy atom. The second-order valence-corrected chi connectivity index (χ2v) is 9.97. The molecule has 2 heterocycles. The van der Waals surface area contributed by atoms with Crippen molar-refractivity contribution in [1.29, 1.82) is 0 Å². The van der Waals surface area contributed by atoms with E-state index in [1.807, 2.05) is 0 Å². The number of aliphatic hydroxyl groups is 2. The van der Waals surface area contributed by atoms with E-state index in [2.05, 4.69) is 28.1 Å². The van der Waals surface area contributed by atoms with Crippen LogP contribution in [0.2, 0.25) is 0 Å². The Balaban J connectivity index is 2.11. The normalized spacial score (nSPS) is 19.7. The van der Waals surface area contributed by atoms with E-state index in [-0.39, 0.29) is 17.1 Å². The maximum Gasteiger partial charge on any atom is 0.280 e.